The molecule has 168 valence electrons. The van der Waals surface area contributed by atoms with Crippen molar-refractivity contribution in [2.45, 2.75) is 31.2 Å². The lowest BCUT2D eigenvalue weighted by Gasteiger charge is -2.45. The zero-order valence-corrected chi connectivity index (χ0v) is 18.8. The average molecular weight is 431 g/mol. The van der Waals surface area contributed by atoms with Gasteiger partial charge in [0.1, 0.15) is 5.75 Å². The first kappa shape index (κ1) is 22.1. The standard InChI is InChI=1S/C28H32N2O2.H2/c1-32-26-18-10-9-13-23(26)19-20-29-27(31)28(24-14-5-2-6-15-24,25-16-7-3-8-17-25)30-21-11-4-12-22-30;/h2-3,5-10,13-18H,4,11-12,19-22H2,1H3,(H,29,31);1H. The van der Waals surface area contributed by atoms with Crippen LogP contribution in [-0.4, -0.2) is 37.6 Å². The van der Waals surface area contributed by atoms with Crippen LogP contribution in [0.5, 0.6) is 5.75 Å². The average Bonchev–Trinajstić information content (AvgIpc) is 2.87. The minimum absolute atomic E-state index is 0. The largest absolute Gasteiger partial charge is 0.496 e. The summed E-state index contributed by atoms with van der Waals surface area (Å²) in [7, 11) is 1.68. The number of nitrogens with one attached hydrogen (secondary N) is 1. The molecule has 0 aliphatic carbocycles. The number of hydrogen-bond acceptors (Lipinski definition) is 3. The molecule has 3 aromatic carbocycles. The zero-order valence-electron chi connectivity index (χ0n) is 18.8. The fourth-order valence-corrected chi connectivity index (χ4v) is 4.87. The minimum atomic E-state index is -0.844. The molecule has 32 heavy (non-hydrogen) atoms. The van der Waals surface area contributed by atoms with Gasteiger partial charge in [-0.2, -0.15) is 0 Å². The van der Waals surface area contributed by atoms with Crippen molar-refractivity contribution in [1.82, 2.24) is 10.2 Å². The number of carbonyl (C=O) groups excluding carboxylic acids is 1. The second-order valence-corrected chi connectivity index (χ2v) is 8.31. The minimum Gasteiger partial charge on any atom is -0.496 e. The highest BCUT2D eigenvalue weighted by Crippen LogP contribution is 2.38. The Balaban J connectivity index is 0.00000306. The number of rotatable bonds is 8. The number of amides is 1. The number of methoxy groups -OCH3 is 1. The molecular weight excluding hydrogens is 396 g/mol. The van der Waals surface area contributed by atoms with Crippen LogP contribution >= 0.6 is 0 Å². The lowest BCUT2D eigenvalue weighted by Crippen LogP contribution is -2.58. The van der Waals surface area contributed by atoms with Crippen LogP contribution in [-0.2, 0) is 16.8 Å². The van der Waals surface area contributed by atoms with E-state index >= 15 is 0 Å². The van der Waals surface area contributed by atoms with E-state index in [2.05, 4.69) is 40.5 Å². The molecule has 1 aliphatic rings. The molecule has 1 amide bonds. The van der Waals surface area contributed by atoms with Gasteiger partial charge in [-0.1, -0.05) is 85.3 Å². The summed E-state index contributed by atoms with van der Waals surface area (Å²) in [6, 6.07) is 28.4. The predicted molar refractivity (Wildman–Crippen MR) is 131 cm³/mol. The van der Waals surface area contributed by atoms with Crippen LogP contribution in [0.1, 0.15) is 37.4 Å². The van der Waals surface area contributed by atoms with Gasteiger partial charge in [0.25, 0.3) is 0 Å². The maximum Gasteiger partial charge on any atom is 0.249 e. The summed E-state index contributed by atoms with van der Waals surface area (Å²) in [4.78, 5) is 16.5. The van der Waals surface area contributed by atoms with Gasteiger partial charge in [-0.15, -0.1) is 0 Å². The monoisotopic (exact) mass is 430 g/mol. The van der Waals surface area contributed by atoms with E-state index in [1.54, 1.807) is 7.11 Å². The molecule has 0 bridgehead atoms. The molecule has 0 spiro atoms. The number of ether oxygens (including phenoxy) is 1. The Bertz CT molecular complexity index is 965. The summed E-state index contributed by atoms with van der Waals surface area (Å²) in [6.45, 7) is 2.36. The van der Waals surface area contributed by atoms with Gasteiger partial charge < -0.3 is 10.1 Å². The number of benzene rings is 3. The summed E-state index contributed by atoms with van der Waals surface area (Å²) in [5.74, 6) is 0.891. The molecule has 0 saturated carbocycles. The van der Waals surface area contributed by atoms with E-state index in [1.165, 1.54) is 6.42 Å². The van der Waals surface area contributed by atoms with E-state index in [0.717, 1.165) is 54.8 Å². The first-order valence-corrected chi connectivity index (χ1v) is 11.5. The Kier molecular flexibility index (Phi) is 7.23. The number of hydrogen-bond donors (Lipinski definition) is 1. The van der Waals surface area contributed by atoms with E-state index in [-0.39, 0.29) is 7.33 Å². The van der Waals surface area contributed by atoms with Crippen LogP contribution in [0.15, 0.2) is 84.9 Å². The van der Waals surface area contributed by atoms with Crippen LogP contribution in [0.4, 0.5) is 0 Å². The number of para-hydroxylation sites is 1. The summed E-state index contributed by atoms with van der Waals surface area (Å²) >= 11 is 0. The molecule has 1 saturated heterocycles. The number of carbonyl (C=O) groups is 1. The third kappa shape index (κ3) is 4.42. The molecule has 1 fully saturated rings. The van der Waals surface area contributed by atoms with Gasteiger partial charge in [0.05, 0.1) is 7.11 Å². The summed E-state index contributed by atoms with van der Waals surface area (Å²) in [5.41, 5.74) is 2.29. The van der Waals surface area contributed by atoms with E-state index in [4.69, 9.17) is 4.74 Å². The quantitative estimate of drug-likeness (QED) is 0.545. The van der Waals surface area contributed by atoms with Crippen LogP contribution in [0.3, 0.4) is 0 Å². The van der Waals surface area contributed by atoms with Crippen molar-refractivity contribution in [3.63, 3.8) is 0 Å². The molecule has 0 radical (unpaired) electrons. The van der Waals surface area contributed by atoms with Crippen molar-refractivity contribution in [2.24, 2.45) is 0 Å². The van der Waals surface area contributed by atoms with Crippen molar-refractivity contribution >= 4 is 5.91 Å². The van der Waals surface area contributed by atoms with E-state index in [0.29, 0.717) is 6.54 Å². The fraction of sp³-hybridized carbons (Fsp3) is 0.321. The number of likely N-dealkylation sites (tertiary alicyclic amines) is 1. The molecular formula is C28H34N2O2. The molecule has 1 N–H and O–H groups in total. The van der Waals surface area contributed by atoms with Gasteiger partial charge in [-0.05, 0) is 55.1 Å². The first-order valence-electron chi connectivity index (χ1n) is 11.5. The van der Waals surface area contributed by atoms with Gasteiger partial charge in [-0.25, -0.2) is 0 Å². The van der Waals surface area contributed by atoms with Crippen LogP contribution in [0, 0.1) is 0 Å². The van der Waals surface area contributed by atoms with Crippen LogP contribution in [0.25, 0.3) is 0 Å². The van der Waals surface area contributed by atoms with E-state index in [1.807, 2.05) is 54.6 Å². The third-order valence-electron chi connectivity index (χ3n) is 6.41. The lowest BCUT2D eigenvalue weighted by molar-refractivity contribution is -0.132. The van der Waals surface area contributed by atoms with Crippen molar-refractivity contribution in [1.29, 1.82) is 0 Å². The highest BCUT2D eigenvalue weighted by molar-refractivity contribution is 5.91. The summed E-state index contributed by atoms with van der Waals surface area (Å²) < 4.78 is 5.48. The Hall–Kier alpha value is -3.11. The third-order valence-corrected chi connectivity index (χ3v) is 6.41. The van der Waals surface area contributed by atoms with Gasteiger partial charge in [0, 0.05) is 7.97 Å². The molecule has 4 rings (SSSR count). The van der Waals surface area contributed by atoms with E-state index < -0.39 is 5.54 Å². The second-order valence-electron chi connectivity index (χ2n) is 8.31. The normalized spacial score (nSPS) is 14.7. The highest BCUT2D eigenvalue weighted by Gasteiger charge is 2.47. The zero-order chi connectivity index (χ0) is 22.2. The molecule has 0 aromatic heterocycles. The Morgan fingerprint density at radius 1 is 0.875 bits per heavy atom. The SMILES string of the molecule is COc1ccccc1CCNC(=O)C(c1ccccc1)(c1ccccc1)N1CCCCC1.[HH]. The fourth-order valence-electron chi connectivity index (χ4n) is 4.87. The summed E-state index contributed by atoms with van der Waals surface area (Å²) in [5, 5.41) is 3.28. The predicted octanol–water partition coefficient (Wildman–Crippen LogP) is 5.03. The second kappa shape index (κ2) is 10.5. The van der Waals surface area contributed by atoms with Crippen molar-refractivity contribution in [3.8, 4) is 5.75 Å². The van der Waals surface area contributed by atoms with Gasteiger partial charge >= 0.3 is 0 Å². The number of nitrogens with zero attached hydrogens (tertiary/aromatic N) is 1. The van der Waals surface area contributed by atoms with Crippen LogP contribution in [0.2, 0.25) is 0 Å². The molecule has 1 heterocycles. The molecule has 4 nitrogen and oxygen atoms in total. The Morgan fingerprint density at radius 3 is 2.03 bits per heavy atom. The maximum absolute atomic E-state index is 14.1. The van der Waals surface area contributed by atoms with Gasteiger partial charge in [0.2, 0.25) is 5.91 Å². The molecule has 0 unspecified atom stereocenters. The van der Waals surface area contributed by atoms with Crippen molar-refractivity contribution in [3.05, 3.63) is 102 Å². The van der Waals surface area contributed by atoms with Crippen molar-refractivity contribution < 1.29 is 11.0 Å². The molecule has 0 atom stereocenters. The van der Waals surface area contributed by atoms with Gasteiger partial charge in [0.15, 0.2) is 5.54 Å². The first-order chi connectivity index (χ1) is 15.8. The highest BCUT2D eigenvalue weighted by atomic mass is 16.5. The van der Waals surface area contributed by atoms with Crippen LogP contribution < -0.4 is 10.1 Å². The summed E-state index contributed by atoms with van der Waals surface area (Å²) in [6.07, 6.45) is 4.15. The Morgan fingerprint density at radius 2 is 1.44 bits per heavy atom. The lowest BCUT2D eigenvalue weighted by atomic mass is 9.79. The maximum atomic E-state index is 14.1. The Labute approximate surface area is 192 Å². The smallest absolute Gasteiger partial charge is 0.249 e. The van der Waals surface area contributed by atoms with E-state index in [9.17, 15) is 4.79 Å². The number of piperidine rings is 1. The molecule has 1 aliphatic heterocycles. The topological polar surface area (TPSA) is 41.6 Å². The molecule has 4 heteroatoms. The molecule has 3 aromatic rings. The van der Waals surface area contributed by atoms with Crippen molar-refractivity contribution in [2.75, 3.05) is 26.7 Å². The van der Waals surface area contributed by atoms with Gasteiger partial charge in [-0.3, -0.25) is 9.69 Å².